The minimum absolute atomic E-state index is 0.0137. The van der Waals surface area contributed by atoms with E-state index in [4.69, 9.17) is 0 Å². The molecular weight excluding hydrogens is 253 g/mol. The van der Waals surface area contributed by atoms with Crippen LogP contribution in [0.15, 0.2) is 36.7 Å². The predicted octanol–water partition coefficient (Wildman–Crippen LogP) is 3.11. The second kappa shape index (κ2) is 6.18. The number of hydrogen-bond donors (Lipinski definition) is 1. The number of aromatic nitrogens is 2. The molecule has 1 N–H and O–H groups in total. The van der Waals surface area contributed by atoms with Gasteiger partial charge in [0, 0.05) is 18.3 Å². The van der Waals surface area contributed by atoms with Crippen LogP contribution in [0.3, 0.4) is 0 Å². The van der Waals surface area contributed by atoms with Gasteiger partial charge in [0.2, 0.25) is 0 Å². The Bertz CT molecular complexity index is 555. The lowest BCUT2D eigenvalue weighted by Crippen LogP contribution is -2.22. The summed E-state index contributed by atoms with van der Waals surface area (Å²) in [5.74, 6) is -0.172. The first kappa shape index (κ1) is 14.7. The number of rotatable bonds is 5. The summed E-state index contributed by atoms with van der Waals surface area (Å²) in [5.41, 5.74) is 2.20. The highest BCUT2D eigenvalue weighted by Gasteiger charge is 2.13. The number of nitrogens with zero attached hydrogens (tertiary/aromatic N) is 2. The van der Waals surface area contributed by atoms with E-state index < -0.39 is 0 Å². The van der Waals surface area contributed by atoms with Crippen molar-refractivity contribution in [3.63, 3.8) is 0 Å². The second-order valence-electron chi connectivity index (χ2n) is 6.02. The van der Waals surface area contributed by atoms with Gasteiger partial charge in [-0.15, -0.1) is 0 Å². The molecule has 0 saturated heterocycles. The lowest BCUT2D eigenvalue weighted by molar-refractivity contribution is 0.355. The van der Waals surface area contributed by atoms with Crippen LogP contribution in [0.25, 0.3) is 0 Å². The number of halogens is 1. The molecule has 0 atom stereocenters. The maximum Gasteiger partial charge on any atom is 0.123 e. The highest BCUT2D eigenvalue weighted by atomic mass is 19.1. The van der Waals surface area contributed by atoms with Crippen molar-refractivity contribution in [3.8, 4) is 0 Å². The zero-order chi connectivity index (χ0) is 14.6. The van der Waals surface area contributed by atoms with Crippen LogP contribution in [0.1, 0.15) is 31.9 Å². The van der Waals surface area contributed by atoms with Gasteiger partial charge in [-0.1, -0.05) is 12.1 Å². The van der Waals surface area contributed by atoms with E-state index in [-0.39, 0.29) is 11.4 Å². The van der Waals surface area contributed by atoms with Gasteiger partial charge in [-0.3, -0.25) is 4.68 Å². The van der Waals surface area contributed by atoms with Crippen LogP contribution in [0.5, 0.6) is 0 Å². The van der Waals surface area contributed by atoms with E-state index in [0.717, 1.165) is 25.1 Å². The van der Waals surface area contributed by atoms with Crippen molar-refractivity contribution in [2.24, 2.45) is 0 Å². The minimum atomic E-state index is -0.172. The van der Waals surface area contributed by atoms with Gasteiger partial charge >= 0.3 is 0 Å². The molecule has 0 fully saturated rings. The Kier molecular flexibility index (Phi) is 4.55. The van der Waals surface area contributed by atoms with Crippen molar-refractivity contribution in [2.75, 3.05) is 6.54 Å². The van der Waals surface area contributed by atoms with Crippen molar-refractivity contribution >= 4 is 0 Å². The van der Waals surface area contributed by atoms with Crippen LogP contribution < -0.4 is 5.32 Å². The average molecular weight is 275 g/mol. The van der Waals surface area contributed by atoms with E-state index in [1.807, 2.05) is 16.9 Å². The van der Waals surface area contributed by atoms with Gasteiger partial charge in [0.1, 0.15) is 5.82 Å². The van der Waals surface area contributed by atoms with E-state index in [0.29, 0.717) is 0 Å². The summed E-state index contributed by atoms with van der Waals surface area (Å²) in [6.45, 7) is 7.99. The molecule has 1 aromatic heterocycles. The maximum atomic E-state index is 13.0. The first-order chi connectivity index (χ1) is 9.45. The van der Waals surface area contributed by atoms with Gasteiger partial charge in [-0.25, -0.2) is 4.39 Å². The topological polar surface area (TPSA) is 29.9 Å². The summed E-state index contributed by atoms with van der Waals surface area (Å²) in [6.07, 6.45) is 4.78. The SMILES string of the molecule is CC(C)(C)n1cc(CNCCc2cccc(F)c2)cn1. The van der Waals surface area contributed by atoms with Crippen LogP contribution in [-0.4, -0.2) is 16.3 Å². The molecule has 0 aliphatic carbocycles. The van der Waals surface area contributed by atoms with Crippen LogP contribution in [0.4, 0.5) is 4.39 Å². The highest BCUT2D eigenvalue weighted by Crippen LogP contribution is 2.13. The van der Waals surface area contributed by atoms with Gasteiger partial charge < -0.3 is 5.32 Å². The molecule has 0 aliphatic heterocycles. The van der Waals surface area contributed by atoms with Gasteiger partial charge in [0.25, 0.3) is 0 Å². The third kappa shape index (κ3) is 4.17. The Morgan fingerprint density at radius 2 is 2.05 bits per heavy atom. The largest absolute Gasteiger partial charge is 0.312 e. The van der Waals surface area contributed by atoms with Gasteiger partial charge in [-0.2, -0.15) is 5.10 Å². The van der Waals surface area contributed by atoms with Gasteiger partial charge in [0.15, 0.2) is 0 Å². The number of benzene rings is 1. The van der Waals surface area contributed by atoms with Crippen LogP contribution in [-0.2, 0) is 18.5 Å². The second-order valence-corrected chi connectivity index (χ2v) is 6.02. The fourth-order valence-electron chi connectivity index (χ4n) is 1.98. The first-order valence-corrected chi connectivity index (χ1v) is 6.94. The number of hydrogen-bond acceptors (Lipinski definition) is 2. The summed E-state index contributed by atoms with van der Waals surface area (Å²) < 4.78 is 15.0. The van der Waals surface area contributed by atoms with Crippen molar-refractivity contribution in [1.82, 2.24) is 15.1 Å². The average Bonchev–Trinajstić information content (AvgIpc) is 2.83. The van der Waals surface area contributed by atoms with Gasteiger partial charge in [0.05, 0.1) is 11.7 Å². The van der Waals surface area contributed by atoms with Crippen LogP contribution in [0.2, 0.25) is 0 Å². The van der Waals surface area contributed by atoms with E-state index in [9.17, 15) is 4.39 Å². The molecule has 0 spiro atoms. The van der Waals surface area contributed by atoms with E-state index in [2.05, 4.69) is 37.4 Å². The predicted molar refractivity (Wildman–Crippen MR) is 79.0 cm³/mol. The lowest BCUT2D eigenvalue weighted by atomic mass is 10.1. The van der Waals surface area contributed by atoms with Crippen molar-refractivity contribution < 1.29 is 4.39 Å². The molecule has 2 aromatic rings. The molecule has 20 heavy (non-hydrogen) atoms. The molecule has 0 saturated carbocycles. The molecule has 0 aliphatic rings. The summed E-state index contributed by atoms with van der Waals surface area (Å²) in [5, 5.41) is 7.72. The van der Waals surface area contributed by atoms with Crippen LogP contribution >= 0.6 is 0 Å². The highest BCUT2D eigenvalue weighted by molar-refractivity contribution is 5.16. The Labute approximate surface area is 119 Å². The fraction of sp³-hybridized carbons (Fsp3) is 0.438. The van der Waals surface area contributed by atoms with Crippen molar-refractivity contribution in [1.29, 1.82) is 0 Å². The molecular formula is C16H22FN3. The zero-order valence-electron chi connectivity index (χ0n) is 12.4. The molecule has 4 heteroatoms. The van der Waals surface area contributed by atoms with Crippen molar-refractivity contribution in [2.45, 2.75) is 39.3 Å². The molecule has 2 rings (SSSR count). The Morgan fingerprint density at radius 1 is 1.25 bits per heavy atom. The normalized spacial score (nSPS) is 11.8. The first-order valence-electron chi connectivity index (χ1n) is 6.94. The fourth-order valence-corrected chi connectivity index (χ4v) is 1.98. The molecule has 1 aromatic carbocycles. The Balaban J connectivity index is 1.77. The summed E-state index contributed by atoms with van der Waals surface area (Å²) in [7, 11) is 0. The third-order valence-electron chi connectivity index (χ3n) is 3.13. The smallest absolute Gasteiger partial charge is 0.123 e. The van der Waals surface area contributed by atoms with E-state index in [1.54, 1.807) is 12.1 Å². The van der Waals surface area contributed by atoms with Crippen molar-refractivity contribution in [3.05, 3.63) is 53.6 Å². The third-order valence-corrected chi connectivity index (χ3v) is 3.13. The lowest BCUT2D eigenvalue weighted by Gasteiger charge is -2.18. The molecule has 0 radical (unpaired) electrons. The number of nitrogens with one attached hydrogen (secondary N) is 1. The Hall–Kier alpha value is -1.68. The standard InChI is InChI=1S/C16H22FN3/c1-16(2,3)20-12-14(11-19-20)10-18-8-7-13-5-4-6-15(17)9-13/h4-6,9,11-12,18H,7-8,10H2,1-3H3. The molecule has 1 heterocycles. The summed E-state index contributed by atoms with van der Waals surface area (Å²) >= 11 is 0. The summed E-state index contributed by atoms with van der Waals surface area (Å²) in [4.78, 5) is 0. The van der Waals surface area contributed by atoms with Gasteiger partial charge in [-0.05, 0) is 51.4 Å². The molecule has 0 amide bonds. The van der Waals surface area contributed by atoms with E-state index >= 15 is 0 Å². The Morgan fingerprint density at radius 3 is 2.70 bits per heavy atom. The quantitative estimate of drug-likeness (QED) is 0.850. The molecule has 3 nitrogen and oxygen atoms in total. The monoisotopic (exact) mass is 275 g/mol. The minimum Gasteiger partial charge on any atom is -0.312 e. The van der Waals surface area contributed by atoms with Crippen LogP contribution in [0, 0.1) is 5.82 Å². The maximum absolute atomic E-state index is 13.0. The molecule has 0 bridgehead atoms. The molecule has 0 unspecified atom stereocenters. The molecule has 108 valence electrons. The zero-order valence-corrected chi connectivity index (χ0v) is 12.4. The summed E-state index contributed by atoms with van der Waals surface area (Å²) in [6, 6.07) is 6.75. The van der Waals surface area contributed by atoms with E-state index in [1.165, 1.54) is 11.6 Å².